The molecule has 0 heterocycles. The van der Waals surface area contributed by atoms with Crippen molar-refractivity contribution < 1.29 is 18.7 Å². The number of ether oxygens (including phenoxy) is 2. The third kappa shape index (κ3) is 5.66. The maximum atomic E-state index is 13.5. The van der Waals surface area contributed by atoms with Gasteiger partial charge in [-0.15, -0.1) is 0 Å². The number of rotatable bonds is 9. The highest BCUT2D eigenvalue weighted by atomic mass is 19.1. The largest absolute Gasteiger partial charge is 0.486 e. The van der Waals surface area contributed by atoms with E-state index in [1.807, 2.05) is 43.1 Å². The fourth-order valence-electron chi connectivity index (χ4n) is 2.40. The molecule has 1 atom stereocenters. The second-order valence-electron chi connectivity index (χ2n) is 6.03. The number of likely N-dealkylation sites (N-methyl/N-ethyl adjacent to an activating group) is 1. The minimum Gasteiger partial charge on any atom is -0.486 e. The molecule has 1 unspecified atom stereocenters. The quantitative estimate of drug-likeness (QED) is 0.698. The number of hydrogen-bond acceptors (Lipinski definition) is 4. The van der Waals surface area contributed by atoms with Crippen LogP contribution < -0.4 is 4.74 Å². The molecule has 25 heavy (non-hydrogen) atoms. The van der Waals surface area contributed by atoms with Crippen molar-refractivity contribution in [3.8, 4) is 5.75 Å². The smallest absolute Gasteiger partial charge is 0.175 e. The number of benzene rings is 2. The number of para-hydroxylation sites is 1. The summed E-state index contributed by atoms with van der Waals surface area (Å²) in [6.45, 7) is 2.96. The van der Waals surface area contributed by atoms with E-state index in [4.69, 9.17) is 9.47 Å². The van der Waals surface area contributed by atoms with Crippen LogP contribution in [-0.2, 0) is 22.7 Å². The Labute approximate surface area is 148 Å². The summed E-state index contributed by atoms with van der Waals surface area (Å²) in [7, 11) is 3.43. The van der Waals surface area contributed by atoms with Gasteiger partial charge in [0.25, 0.3) is 0 Å². The normalized spacial score (nSPS) is 12.2. The third-order valence-corrected chi connectivity index (χ3v) is 4.10. The van der Waals surface area contributed by atoms with Gasteiger partial charge in [-0.05, 0) is 37.2 Å². The molecule has 0 saturated heterocycles. The lowest BCUT2D eigenvalue weighted by atomic mass is 10.1. The van der Waals surface area contributed by atoms with E-state index in [0.29, 0.717) is 13.2 Å². The first-order valence-electron chi connectivity index (χ1n) is 8.18. The molecule has 0 aromatic heterocycles. The highest BCUT2D eigenvalue weighted by molar-refractivity contribution is 5.84. The van der Waals surface area contributed by atoms with Crippen LogP contribution in [0.2, 0.25) is 0 Å². The maximum Gasteiger partial charge on any atom is 0.175 e. The highest BCUT2D eigenvalue weighted by Crippen LogP contribution is 2.17. The lowest BCUT2D eigenvalue weighted by Crippen LogP contribution is -2.37. The molecule has 0 aliphatic rings. The summed E-state index contributed by atoms with van der Waals surface area (Å²) in [5.41, 5.74) is 2.05. The van der Waals surface area contributed by atoms with Crippen LogP contribution in [0.15, 0.2) is 48.5 Å². The monoisotopic (exact) mass is 345 g/mol. The van der Waals surface area contributed by atoms with Gasteiger partial charge in [-0.25, -0.2) is 4.39 Å². The van der Waals surface area contributed by atoms with E-state index in [9.17, 15) is 9.18 Å². The van der Waals surface area contributed by atoms with Crippen molar-refractivity contribution in [2.75, 3.05) is 20.8 Å². The van der Waals surface area contributed by atoms with Gasteiger partial charge < -0.3 is 9.47 Å². The summed E-state index contributed by atoms with van der Waals surface area (Å²) in [5.74, 6) is -0.0628. The molecule has 0 amide bonds. The van der Waals surface area contributed by atoms with Gasteiger partial charge in [0, 0.05) is 13.7 Å². The zero-order valence-corrected chi connectivity index (χ0v) is 14.9. The number of nitrogens with zero attached hydrogens (tertiary/aromatic N) is 1. The average Bonchev–Trinajstić information content (AvgIpc) is 2.61. The molecule has 0 spiro atoms. The topological polar surface area (TPSA) is 38.8 Å². The lowest BCUT2D eigenvalue weighted by Gasteiger charge is -2.23. The van der Waals surface area contributed by atoms with Crippen LogP contribution in [0.1, 0.15) is 18.1 Å². The minimum absolute atomic E-state index is 0.0555. The Bertz CT molecular complexity index is 688. The Morgan fingerprint density at radius 2 is 1.76 bits per heavy atom. The van der Waals surface area contributed by atoms with Gasteiger partial charge in [-0.2, -0.15) is 0 Å². The Morgan fingerprint density at radius 3 is 2.40 bits per heavy atom. The number of Topliss-reactive ketones (excluding diaryl/α,β-unsaturated/α-hetero) is 1. The Kier molecular flexibility index (Phi) is 7.10. The van der Waals surface area contributed by atoms with Crippen LogP contribution in [0.5, 0.6) is 5.75 Å². The third-order valence-electron chi connectivity index (χ3n) is 4.10. The van der Waals surface area contributed by atoms with Gasteiger partial charge in [0.15, 0.2) is 17.3 Å². The zero-order valence-electron chi connectivity index (χ0n) is 14.9. The predicted octanol–water partition coefficient (Wildman–Crippen LogP) is 3.44. The molecular weight excluding hydrogens is 321 g/mol. The summed E-state index contributed by atoms with van der Waals surface area (Å²) in [6.07, 6.45) is 0. The minimum atomic E-state index is -0.365. The van der Waals surface area contributed by atoms with E-state index in [-0.39, 0.29) is 30.0 Å². The van der Waals surface area contributed by atoms with Gasteiger partial charge in [0.1, 0.15) is 13.2 Å². The fraction of sp³-hybridized carbons (Fsp3) is 0.350. The SMILES string of the molecule is COCC(=O)C(C)N(C)Cc1ccc(COc2ccccc2F)cc1. The first kappa shape index (κ1) is 19.1. The van der Waals surface area contributed by atoms with Gasteiger partial charge in [0.2, 0.25) is 0 Å². The molecule has 0 saturated carbocycles. The van der Waals surface area contributed by atoms with E-state index < -0.39 is 0 Å². The molecule has 0 radical (unpaired) electrons. The first-order chi connectivity index (χ1) is 12.0. The number of ketones is 1. The average molecular weight is 345 g/mol. The summed E-state index contributed by atoms with van der Waals surface area (Å²) in [6, 6.07) is 14.0. The molecule has 0 bridgehead atoms. The predicted molar refractivity (Wildman–Crippen MR) is 95.0 cm³/mol. The highest BCUT2D eigenvalue weighted by Gasteiger charge is 2.17. The fourth-order valence-corrected chi connectivity index (χ4v) is 2.40. The first-order valence-corrected chi connectivity index (χ1v) is 8.18. The number of hydrogen-bond donors (Lipinski definition) is 0. The molecular formula is C20H24FNO3. The molecule has 2 rings (SSSR count). The second kappa shape index (κ2) is 9.30. The summed E-state index contributed by atoms with van der Waals surface area (Å²) >= 11 is 0. The van der Waals surface area contributed by atoms with Crippen LogP contribution in [0, 0.1) is 5.82 Å². The number of halogens is 1. The van der Waals surface area contributed by atoms with E-state index in [1.165, 1.54) is 13.2 Å². The van der Waals surface area contributed by atoms with Crippen LogP contribution in [0.4, 0.5) is 4.39 Å². The number of carbonyl (C=O) groups excluding carboxylic acids is 1. The lowest BCUT2D eigenvalue weighted by molar-refractivity contribution is -0.127. The maximum absolute atomic E-state index is 13.5. The van der Waals surface area contributed by atoms with Crippen molar-refractivity contribution >= 4 is 5.78 Å². The molecule has 0 aliphatic heterocycles. The van der Waals surface area contributed by atoms with Crippen molar-refractivity contribution in [1.82, 2.24) is 4.90 Å². The molecule has 4 nitrogen and oxygen atoms in total. The van der Waals surface area contributed by atoms with E-state index in [0.717, 1.165) is 11.1 Å². The Balaban J connectivity index is 1.89. The molecule has 2 aromatic carbocycles. The van der Waals surface area contributed by atoms with Crippen molar-refractivity contribution in [3.05, 3.63) is 65.5 Å². The van der Waals surface area contributed by atoms with Crippen LogP contribution in [0.3, 0.4) is 0 Å². The molecule has 2 aromatic rings. The van der Waals surface area contributed by atoms with E-state index in [1.54, 1.807) is 18.2 Å². The zero-order chi connectivity index (χ0) is 18.2. The standard InChI is InChI=1S/C20H24FNO3/c1-15(19(23)14-24-3)22(2)12-16-8-10-17(11-9-16)13-25-20-7-5-4-6-18(20)21/h4-11,15H,12-14H2,1-3H3. The molecule has 5 heteroatoms. The summed E-state index contributed by atoms with van der Waals surface area (Å²) in [4.78, 5) is 13.8. The Hall–Kier alpha value is -2.24. The van der Waals surface area contributed by atoms with Crippen LogP contribution in [-0.4, -0.2) is 37.5 Å². The Morgan fingerprint density at radius 1 is 1.12 bits per heavy atom. The summed E-state index contributed by atoms with van der Waals surface area (Å²) < 4.78 is 23.9. The van der Waals surface area contributed by atoms with Crippen molar-refractivity contribution in [2.45, 2.75) is 26.1 Å². The molecule has 0 fully saturated rings. The van der Waals surface area contributed by atoms with Crippen LogP contribution >= 0.6 is 0 Å². The number of methoxy groups -OCH3 is 1. The van der Waals surface area contributed by atoms with Crippen molar-refractivity contribution in [2.24, 2.45) is 0 Å². The van der Waals surface area contributed by atoms with Gasteiger partial charge >= 0.3 is 0 Å². The van der Waals surface area contributed by atoms with Gasteiger partial charge in [0.05, 0.1) is 6.04 Å². The molecule has 134 valence electrons. The summed E-state index contributed by atoms with van der Waals surface area (Å²) in [5, 5.41) is 0. The number of carbonyl (C=O) groups is 1. The second-order valence-corrected chi connectivity index (χ2v) is 6.03. The molecule has 0 aliphatic carbocycles. The van der Waals surface area contributed by atoms with Crippen LogP contribution in [0.25, 0.3) is 0 Å². The van der Waals surface area contributed by atoms with E-state index in [2.05, 4.69) is 0 Å². The van der Waals surface area contributed by atoms with Gasteiger partial charge in [-0.3, -0.25) is 9.69 Å². The molecule has 0 N–H and O–H groups in total. The van der Waals surface area contributed by atoms with Gasteiger partial charge in [-0.1, -0.05) is 36.4 Å². The van der Waals surface area contributed by atoms with Crippen molar-refractivity contribution in [1.29, 1.82) is 0 Å². The van der Waals surface area contributed by atoms with E-state index >= 15 is 0 Å². The van der Waals surface area contributed by atoms with Crippen molar-refractivity contribution in [3.63, 3.8) is 0 Å².